The molecule has 0 bridgehead atoms. The van der Waals surface area contributed by atoms with E-state index >= 15 is 0 Å². The number of hydrogen-bond acceptors (Lipinski definition) is 5. The van der Waals surface area contributed by atoms with Crippen molar-refractivity contribution in [3.8, 4) is 17.6 Å². The maximum atomic E-state index is 11.5. The molecule has 0 fully saturated rings. The van der Waals surface area contributed by atoms with Crippen molar-refractivity contribution in [1.29, 1.82) is 5.26 Å². The Hall–Kier alpha value is -2.22. The predicted octanol–water partition coefficient (Wildman–Crippen LogP) is 1.93. The number of rotatable bonds is 4. The molecule has 5 nitrogen and oxygen atoms in total. The Balaban J connectivity index is 2.88. The molecule has 5 heteroatoms. The van der Waals surface area contributed by atoms with Gasteiger partial charge in [0.1, 0.15) is 6.07 Å². The van der Waals surface area contributed by atoms with E-state index < -0.39 is 17.5 Å². The molecule has 17 heavy (non-hydrogen) atoms. The van der Waals surface area contributed by atoms with E-state index in [9.17, 15) is 15.0 Å². The average molecular weight is 235 g/mol. The van der Waals surface area contributed by atoms with Gasteiger partial charge in [-0.2, -0.15) is 5.26 Å². The van der Waals surface area contributed by atoms with E-state index in [4.69, 9.17) is 10.00 Å². The topological polar surface area (TPSA) is 90.6 Å². The lowest BCUT2D eigenvalue weighted by Gasteiger charge is -2.06. The number of esters is 1. The number of benzene rings is 1. The van der Waals surface area contributed by atoms with Crippen LogP contribution < -0.4 is 0 Å². The van der Waals surface area contributed by atoms with Gasteiger partial charge in [-0.1, -0.05) is 13.3 Å². The molecule has 0 amide bonds. The zero-order valence-electron chi connectivity index (χ0n) is 9.43. The van der Waals surface area contributed by atoms with Gasteiger partial charge in [-0.3, -0.25) is 0 Å². The van der Waals surface area contributed by atoms with Crippen LogP contribution in [0.2, 0.25) is 0 Å². The van der Waals surface area contributed by atoms with Crippen LogP contribution in [0.3, 0.4) is 0 Å². The number of carbonyl (C=O) groups excluding carboxylic acids is 1. The van der Waals surface area contributed by atoms with Crippen LogP contribution >= 0.6 is 0 Å². The van der Waals surface area contributed by atoms with Crippen LogP contribution in [-0.4, -0.2) is 22.8 Å². The Morgan fingerprint density at radius 2 is 2.18 bits per heavy atom. The minimum atomic E-state index is -0.620. The molecule has 0 heterocycles. The van der Waals surface area contributed by atoms with Crippen LogP contribution in [-0.2, 0) is 4.74 Å². The molecule has 0 aliphatic carbocycles. The number of nitrogens with zero attached hydrogens (tertiary/aromatic N) is 1. The molecule has 1 aromatic carbocycles. The number of ether oxygens (including phenoxy) is 1. The molecule has 0 spiro atoms. The van der Waals surface area contributed by atoms with Crippen molar-refractivity contribution in [2.24, 2.45) is 0 Å². The third kappa shape index (κ3) is 3.11. The summed E-state index contributed by atoms with van der Waals surface area (Å²) in [4.78, 5) is 11.5. The van der Waals surface area contributed by atoms with E-state index in [1.165, 1.54) is 6.07 Å². The van der Waals surface area contributed by atoms with Gasteiger partial charge in [-0.25, -0.2) is 4.79 Å². The first kappa shape index (κ1) is 12.8. The number of phenolic OH excluding ortho intramolecular Hbond substituents is 2. The van der Waals surface area contributed by atoms with Gasteiger partial charge in [0.25, 0.3) is 0 Å². The van der Waals surface area contributed by atoms with Crippen molar-refractivity contribution >= 4 is 5.97 Å². The molecule has 90 valence electrons. The van der Waals surface area contributed by atoms with Crippen molar-refractivity contribution in [3.05, 3.63) is 23.3 Å². The third-order valence-electron chi connectivity index (χ3n) is 2.18. The van der Waals surface area contributed by atoms with Gasteiger partial charge in [-0.05, 0) is 18.6 Å². The molecule has 0 saturated carbocycles. The number of hydrogen-bond donors (Lipinski definition) is 2. The molecule has 1 aromatic rings. The summed E-state index contributed by atoms with van der Waals surface area (Å²) < 4.78 is 4.92. The Kier molecular flexibility index (Phi) is 4.35. The average Bonchev–Trinajstić information content (AvgIpc) is 2.32. The molecule has 2 N–H and O–H groups in total. The van der Waals surface area contributed by atoms with Crippen molar-refractivity contribution in [2.75, 3.05) is 6.61 Å². The lowest BCUT2D eigenvalue weighted by molar-refractivity contribution is 0.0499. The smallest absolute Gasteiger partial charge is 0.338 e. The van der Waals surface area contributed by atoms with Gasteiger partial charge in [-0.15, -0.1) is 0 Å². The molecule has 1 rings (SSSR count). The summed E-state index contributed by atoms with van der Waals surface area (Å²) in [6, 6.07) is 3.94. The second kappa shape index (κ2) is 5.75. The van der Waals surface area contributed by atoms with Gasteiger partial charge >= 0.3 is 5.97 Å². The first-order chi connectivity index (χ1) is 8.10. The van der Waals surface area contributed by atoms with Crippen LogP contribution in [0.1, 0.15) is 35.7 Å². The maximum absolute atomic E-state index is 11.5. The summed E-state index contributed by atoms with van der Waals surface area (Å²) in [5.41, 5.74) is -0.111. The van der Waals surface area contributed by atoms with Crippen LogP contribution in [0, 0.1) is 11.3 Å². The number of unbranched alkanes of at least 4 members (excludes halogenated alkanes) is 1. The first-order valence-electron chi connectivity index (χ1n) is 5.23. The predicted molar refractivity (Wildman–Crippen MR) is 59.7 cm³/mol. The molecule has 0 unspecified atom stereocenters. The Morgan fingerprint density at radius 1 is 1.47 bits per heavy atom. The second-order valence-electron chi connectivity index (χ2n) is 3.49. The highest BCUT2D eigenvalue weighted by molar-refractivity contribution is 5.91. The normalized spacial score (nSPS) is 9.65. The van der Waals surface area contributed by atoms with Gasteiger partial charge in [0.2, 0.25) is 0 Å². The number of carbonyl (C=O) groups is 1. The van der Waals surface area contributed by atoms with Gasteiger partial charge in [0.05, 0.1) is 17.7 Å². The highest BCUT2D eigenvalue weighted by atomic mass is 16.5. The largest absolute Gasteiger partial charge is 0.504 e. The highest BCUT2D eigenvalue weighted by Crippen LogP contribution is 2.30. The zero-order valence-corrected chi connectivity index (χ0v) is 9.43. The molecule has 0 radical (unpaired) electrons. The quantitative estimate of drug-likeness (QED) is 0.472. The number of aromatic hydroxyl groups is 2. The summed E-state index contributed by atoms with van der Waals surface area (Å²) in [5.74, 6) is -1.66. The monoisotopic (exact) mass is 235 g/mol. The van der Waals surface area contributed by atoms with Crippen molar-refractivity contribution in [2.45, 2.75) is 19.8 Å². The summed E-state index contributed by atoms with van der Waals surface area (Å²) in [6.45, 7) is 2.26. The SMILES string of the molecule is CCCCOC(=O)c1cc(O)c(O)c(C#N)c1. The van der Waals surface area contributed by atoms with Crippen LogP contribution in [0.5, 0.6) is 11.5 Å². The van der Waals surface area contributed by atoms with Crippen LogP contribution in [0.15, 0.2) is 12.1 Å². The fourth-order valence-electron chi connectivity index (χ4n) is 1.21. The van der Waals surface area contributed by atoms with E-state index in [1.807, 2.05) is 6.92 Å². The van der Waals surface area contributed by atoms with E-state index in [-0.39, 0.29) is 11.1 Å². The van der Waals surface area contributed by atoms with E-state index in [2.05, 4.69) is 0 Å². The van der Waals surface area contributed by atoms with Crippen molar-refractivity contribution < 1.29 is 19.7 Å². The zero-order chi connectivity index (χ0) is 12.8. The number of phenols is 2. The van der Waals surface area contributed by atoms with E-state index in [1.54, 1.807) is 6.07 Å². The Labute approximate surface area is 98.9 Å². The molecular formula is C12H13NO4. The van der Waals surface area contributed by atoms with Gasteiger partial charge in [0, 0.05) is 0 Å². The minimum absolute atomic E-state index is 0.0490. The molecule has 0 aliphatic rings. The van der Waals surface area contributed by atoms with Crippen LogP contribution in [0.4, 0.5) is 0 Å². The second-order valence-corrected chi connectivity index (χ2v) is 3.49. The first-order valence-corrected chi connectivity index (χ1v) is 5.23. The minimum Gasteiger partial charge on any atom is -0.504 e. The lowest BCUT2D eigenvalue weighted by Crippen LogP contribution is -2.06. The Bertz CT molecular complexity index is 462. The third-order valence-corrected chi connectivity index (χ3v) is 2.18. The summed E-state index contributed by atoms with van der Waals surface area (Å²) in [7, 11) is 0. The van der Waals surface area contributed by atoms with E-state index in [0.29, 0.717) is 6.61 Å². The summed E-state index contributed by atoms with van der Waals surface area (Å²) in [5, 5.41) is 27.3. The standard InChI is InChI=1S/C12H13NO4/c1-2-3-4-17-12(16)8-5-9(7-13)11(15)10(14)6-8/h5-6,14-15H,2-4H2,1H3. The van der Waals surface area contributed by atoms with Gasteiger partial charge < -0.3 is 14.9 Å². The molecular weight excluding hydrogens is 222 g/mol. The fourth-order valence-corrected chi connectivity index (χ4v) is 1.21. The summed E-state index contributed by atoms with van der Waals surface area (Å²) in [6.07, 6.45) is 1.65. The van der Waals surface area contributed by atoms with Crippen molar-refractivity contribution in [3.63, 3.8) is 0 Å². The lowest BCUT2D eigenvalue weighted by atomic mass is 10.1. The molecule has 0 atom stereocenters. The van der Waals surface area contributed by atoms with Gasteiger partial charge in [0.15, 0.2) is 11.5 Å². The van der Waals surface area contributed by atoms with Crippen molar-refractivity contribution in [1.82, 2.24) is 0 Å². The molecule has 0 aliphatic heterocycles. The number of nitriles is 1. The Morgan fingerprint density at radius 3 is 2.76 bits per heavy atom. The fraction of sp³-hybridized carbons (Fsp3) is 0.333. The highest BCUT2D eigenvalue weighted by Gasteiger charge is 2.14. The molecule has 0 saturated heterocycles. The molecule has 0 aromatic heterocycles. The van der Waals surface area contributed by atoms with Crippen LogP contribution in [0.25, 0.3) is 0 Å². The maximum Gasteiger partial charge on any atom is 0.338 e. The van der Waals surface area contributed by atoms with E-state index in [0.717, 1.165) is 18.9 Å². The summed E-state index contributed by atoms with van der Waals surface area (Å²) >= 11 is 0.